The van der Waals surface area contributed by atoms with E-state index in [2.05, 4.69) is 11.8 Å². The lowest BCUT2D eigenvalue weighted by molar-refractivity contribution is 0.154. The van der Waals surface area contributed by atoms with Crippen LogP contribution in [0.25, 0.3) is 0 Å². The molecule has 0 bridgehead atoms. The fourth-order valence-electron chi connectivity index (χ4n) is 2.39. The van der Waals surface area contributed by atoms with Gasteiger partial charge in [-0.25, -0.2) is 0 Å². The van der Waals surface area contributed by atoms with Crippen LogP contribution in [0.3, 0.4) is 0 Å². The zero-order valence-corrected chi connectivity index (χ0v) is 10.6. The maximum absolute atomic E-state index is 5.82. The second-order valence-electron chi connectivity index (χ2n) is 4.93. The highest BCUT2D eigenvalue weighted by Gasteiger charge is 2.15. The van der Waals surface area contributed by atoms with Gasteiger partial charge in [0.15, 0.2) is 0 Å². The van der Waals surface area contributed by atoms with Crippen molar-refractivity contribution < 1.29 is 4.74 Å². The highest BCUT2D eigenvalue weighted by Crippen LogP contribution is 2.20. The summed E-state index contributed by atoms with van der Waals surface area (Å²) in [5.74, 6) is 1.63. The smallest absolute Gasteiger partial charge is 0.142 e. The fraction of sp³-hybridized carbons (Fsp3) is 0.571. The number of nitrogens with two attached hydrogens (primary N) is 1. The van der Waals surface area contributed by atoms with Crippen molar-refractivity contribution in [2.75, 3.05) is 32.0 Å². The fourth-order valence-corrected chi connectivity index (χ4v) is 2.39. The predicted octanol–water partition coefficient (Wildman–Crippen LogP) is 2.38. The van der Waals surface area contributed by atoms with Crippen LogP contribution in [0, 0.1) is 5.92 Å². The van der Waals surface area contributed by atoms with E-state index >= 15 is 0 Å². The number of rotatable bonds is 4. The van der Waals surface area contributed by atoms with Gasteiger partial charge in [0.2, 0.25) is 0 Å². The molecule has 1 aromatic carbocycles. The van der Waals surface area contributed by atoms with Gasteiger partial charge in [-0.15, -0.1) is 0 Å². The summed E-state index contributed by atoms with van der Waals surface area (Å²) in [6.07, 6.45) is 2.68. The molecule has 0 amide bonds. The summed E-state index contributed by atoms with van der Waals surface area (Å²) in [6.45, 7) is 6.45. The zero-order valence-electron chi connectivity index (χ0n) is 10.6. The van der Waals surface area contributed by atoms with E-state index in [0.29, 0.717) is 0 Å². The van der Waals surface area contributed by atoms with Gasteiger partial charge in [0.05, 0.1) is 5.69 Å². The lowest BCUT2D eigenvalue weighted by Crippen LogP contribution is -2.37. The lowest BCUT2D eigenvalue weighted by Gasteiger charge is -2.30. The SMILES string of the molecule is CC1CCCN(CCOc2ccccc2N)C1. The van der Waals surface area contributed by atoms with Gasteiger partial charge in [0.1, 0.15) is 12.4 Å². The summed E-state index contributed by atoms with van der Waals surface area (Å²) >= 11 is 0. The molecule has 3 nitrogen and oxygen atoms in total. The standard InChI is InChI=1S/C14H22N2O/c1-12-5-4-8-16(11-12)9-10-17-14-7-3-2-6-13(14)15/h2-3,6-7,12H,4-5,8-11,15H2,1H3. The maximum atomic E-state index is 5.82. The van der Waals surface area contributed by atoms with Crippen molar-refractivity contribution in [1.29, 1.82) is 0 Å². The van der Waals surface area contributed by atoms with Crippen LogP contribution in [-0.2, 0) is 0 Å². The summed E-state index contributed by atoms with van der Waals surface area (Å²) in [7, 11) is 0. The Bertz CT molecular complexity index is 354. The molecule has 0 aliphatic carbocycles. The van der Waals surface area contributed by atoms with Crippen LogP contribution >= 0.6 is 0 Å². The highest BCUT2D eigenvalue weighted by molar-refractivity contribution is 5.51. The zero-order chi connectivity index (χ0) is 12.1. The van der Waals surface area contributed by atoms with Crippen LogP contribution in [0.5, 0.6) is 5.75 Å². The number of para-hydroxylation sites is 2. The van der Waals surface area contributed by atoms with Crippen molar-refractivity contribution >= 4 is 5.69 Å². The number of ether oxygens (including phenoxy) is 1. The van der Waals surface area contributed by atoms with E-state index in [1.54, 1.807) is 0 Å². The average molecular weight is 234 g/mol. The number of hydrogen-bond acceptors (Lipinski definition) is 3. The predicted molar refractivity (Wildman–Crippen MR) is 71.2 cm³/mol. The second-order valence-corrected chi connectivity index (χ2v) is 4.93. The van der Waals surface area contributed by atoms with Gasteiger partial charge >= 0.3 is 0 Å². The van der Waals surface area contributed by atoms with E-state index in [0.717, 1.165) is 30.5 Å². The molecular formula is C14H22N2O. The third-order valence-electron chi connectivity index (χ3n) is 3.33. The van der Waals surface area contributed by atoms with E-state index in [9.17, 15) is 0 Å². The minimum atomic E-state index is 0.722. The van der Waals surface area contributed by atoms with E-state index < -0.39 is 0 Å². The van der Waals surface area contributed by atoms with E-state index in [-0.39, 0.29) is 0 Å². The Morgan fingerprint density at radius 3 is 3.00 bits per heavy atom. The minimum absolute atomic E-state index is 0.722. The Kier molecular flexibility index (Phi) is 4.26. The van der Waals surface area contributed by atoms with Crippen LogP contribution in [0.4, 0.5) is 5.69 Å². The second kappa shape index (κ2) is 5.92. The Labute approximate surface area is 104 Å². The molecule has 1 unspecified atom stereocenters. The number of benzene rings is 1. The van der Waals surface area contributed by atoms with Gasteiger partial charge in [0.25, 0.3) is 0 Å². The molecule has 1 heterocycles. The average Bonchev–Trinajstić information content (AvgIpc) is 2.32. The van der Waals surface area contributed by atoms with Crippen LogP contribution in [0.1, 0.15) is 19.8 Å². The highest BCUT2D eigenvalue weighted by atomic mass is 16.5. The van der Waals surface area contributed by atoms with Gasteiger partial charge in [-0.3, -0.25) is 4.90 Å². The normalized spacial score (nSPS) is 21.4. The third kappa shape index (κ3) is 3.63. The molecule has 1 aromatic rings. The molecule has 1 fully saturated rings. The first-order valence-corrected chi connectivity index (χ1v) is 6.45. The molecule has 1 aliphatic rings. The van der Waals surface area contributed by atoms with Gasteiger partial charge in [-0.1, -0.05) is 19.1 Å². The van der Waals surface area contributed by atoms with Gasteiger partial charge < -0.3 is 10.5 Å². The van der Waals surface area contributed by atoms with Gasteiger partial charge in [-0.05, 0) is 37.4 Å². The minimum Gasteiger partial charge on any atom is -0.490 e. The number of nitrogen functional groups attached to an aromatic ring is 1. The molecule has 94 valence electrons. The van der Waals surface area contributed by atoms with Crippen molar-refractivity contribution in [2.24, 2.45) is 5.92 Å². The van der Waals surface area contributed by atoms with E-state index in [1.165, 1.54) is 25.9 Å². The van der Waals surface area contributed by atoms with Crippen molar-refractivity contribution in [3.8, 4) is 5.75 Å². The largest absolute Gasteiger partial charge is 0.490 e. The van der Waals surface area contributed by atoms with Crippen LogP contribution in [0.2, 0.25) is 0 Å². The van der Waals surface area contributed by atoms with Crippen LogP contribution in [-0.4, -0.2) is 31.1 Å². The van der Waals surface area contributed by atoms with Crippen molar-refractivity contribution in [3.63, 3.8) is 0 Å². The number of nitrogens with zero attached hydrogens (tertiary/aromatic N) is 1. The molecule has 1 saturated heterocycles. The molecule has 0 saturated carbocycles. The Hall–Kier alpha value is -1.22. The summed E-state index contributed by atoms with van der Waals surface area (Å²) in [4.78, 5) is 2.48. The third-order valence-corrected chi connectivity index (χ3v) is 3.33. The molecule has 1 aliphatic heterocycles. The molecule has 0 spiro atoms. The Morgan fingerprint density at radius 1 is 1.41 bits per heavy atom. The summed E-state index contributed by atoms with van der Waals surface area (Å²) in [6, 6.07) is 7.68. The maximum Gasteiger partial charge on any atom is 0.142 e. The summed E-state index contributed by atoms with van der Waals surface area (Å²) in [5.41, 5.74) is 6.55. The monoisotopic (exact) mass is 234 g/mol. The number of anilines is 1. The number of likely N-dealkylation sites (tertiary alicyclic amines) is 1. The molecule has 1 atom stereocenters. The molecule has 0 radical (unpaired) electrons. The van der Waals surface area contributed by atoms with E-state index in [1.807, 2.05) is 24.3 Å². The first-order chi connectivity index (χ1) is 8.25. The van der Waals surface area contributed by atoms with Crippen LogP contribution in [0.15, 0.2) is 24.3 Å². The first kappa shape index (κ1) is 12.2. The summed E-state index contributed by atoms with van der Waals surface area (Å²) in [5, 5.41) is 0. The number of piperidine rings is 1. The van der Waals surface area contributed by atoms with Gasteiger partial charge in [0, 0.05) is 13.1 Å². The lowest BCUT2D eigenvalue weighted by atomic mass is 10.0. The first-order valence-electron chi connectivity index (χ1n) is 6.45. The van der Waals surface area contributed by atoms with Gasteiger partial charge in [-0.2, -0.15) is 0 Å². The van der Waals surface area contributed by atoms with E-state index in [4.69, 9.17) is 10.5 Å². The van der Waals surface area contributed by atoms with Crippen molar-refractivity contribution in [1.82, 2.24) is 4.90 Å². The molecule has 2 N–H and O–H groups in total. The van der Waals surface area contributed by atoms with Crippen LogP contribution < -0.4 is 10.5 Å². The topological polar surface area (TPSA) is 38.5 Å². The molecule has 17 heavy (non-hydrogen) atoms. The summed E-state index contributed by atoms with van der Waals surface area (Å²) < 4.78 is 5.71. The van der Waals surface area contributed by atoms with Crippen molar-refractivity contribution in [2.45, 2.75) is 19.8 Å². The van der Waals surface area contributed by atoms with Crippen molar-refractivity contribution in [3.05, 3.63) is 24.3 Å². The molecule has 2 rings (SSSR count). The Morgan fingerprint density at radius 2 is 2.24 bits per heavy atom. The quantitative estimate of drug-likeness (QED) is 0.813. The molecule has 0 aromatic heterocycles. The molecule has 3 heteroatoms. The Balaban J connectivity index is 1.74. The molecular weight excluding hydrogens is 212 g/mol. The number of hydrogen-bond donors (Lipinski definition) is 1.